The van der Waals surface area contributed by atoms with Crippen molar-refractivity contribution in [2.24, 2.45) is 11.3 Å². The average molecular weight is 343 g/mol. The number of hydrogen-bond donors (Lipinski definition) is 3. The van der Waals surface area contributed by atoms with E-state index in [0.717, 1.165) is 50.9 Å². The summed E-state index contributed by atoms with van der Waals surface area (Å²) in [6.07, 6.45) is 4.65. The van der Waals surface area contributed by atoms with Crippen molar-refractivity contribution in [1.82, 2.24) is 10.6 Å². The van der Waals surface area contributed by atoms with Gasteiger partial charge in [0.2, 0.25) is 11.8 Å². The maximum absolute atomic E-state index is 13.0. The Labute approximate surface area is 150 Å². The van der Waals surface area contributed by atoms with Crippen molar-refractivity contribution in [3.8, 4) is 0 Å². The van der Waals surface area contributed by atoms with Gasteiger partial charge in [0.05, 0.1) is 11.3 Å². The van der Waals surface area contributed by atoms with Gasteiger partial charge in [-0.25, -0.2) is 0 Å². The van der Waals surface area contributed by atoms with Crippen LogP contribution in [0.4, 0.5) is 5.69 Å². The summed E-state index contributed by atoms with van der Waals surface area (Å²) in [6.45, 7) is 6.20. The largest absolute Gasteiger partial charge is 0.355 e. The van der Waals surface area contributed by atoms with Crippen molar-refractivity contribution in [3.63, 3.8) is 0 Å². The van der Waals surface area contributed by atoms with Crippen LogP contribution in [0.3, 0.4) is 0 Å². The van der Waals surface area contributed by atoms with Gasteiger partial charge in [0.1, 0.15) is 0 Å². The van der Waals surface area contributed by atoms with Gasteiger partial charge >= 0.3 is 0 Å². The first kappa shape index (κ1) is 17.9. The second-order valence-corrected chi connectivity index (χ2v) is 7.65. The molecule has 136 valence electrons. The quantitative estimate of drug-likeness (QED) is 0.769. The Hall–Kier alpha value is -1.88. The zero-order valence-corrected chi connectivity index (χ0v) is 15.3. The normalized spacial score (nSPS) is 21.9. The third kappa shape index (κ3) is 4.03. The van der Waals surface area contributed by atoms with Gasteiger partial charge in [0.25, 0.3) is 0 Å². The van der Waals surface area contributed by atoms with E-state index in [2.05, 4.69) is 22.9 Å². The lowest BCUT2D eigenvalue weighted by atomic mass is 9.84. The molecule has 0 spiro atoms. The molecule has 0 radical (unpaired) electrons. The molecule has 2 amide bonds. The Bertz CT molecular complexity index is 644. The molecule has 1 unspecified atom stereocenters. The summed E-state index contributed by atoms with van der Waals surface area (Å²) in [5.74, 6) is 0.162. The zero-order chi connectivity index (χ0) is 17.9. The van der Waals surface area contributed by atoms with E-state index >= 15 is 0 Å². The van der Waals surface area contributed by atoms with Crippen LogP contribution in [0.2, 0.25) is 0 Å². The highest BCUT2D eigenvalue weighted by Crippen LogP contribution is 2.39. The zero-order valence-electron chi connectivity index (χ0n) is 15.3. The molecule has 3 rings (SSSR count). The average Bonchev–Trinajstić information content (AvgIpc) is 3.28. The predicted octanol–water partition coefficient (Wildman–Crippen LogP) is 2.53. The standard InChI is InChI=1S/C20H29N3O2/c1-14-5-6-17(11-15(14)2)23-19(25)20(8-3-4-9-20)13-22-18(24)16-7-10-21-12-16/h5-6,11,16,21H,3-4,7-10,12-13H2,1-2H3,(H,22,24)(H,23,25). The van der Waals surface area contributed by atoms with Gasteiger partial charge in [-0.2, -0.15) is 0 Å². The van der Waals surface area contributed by atoms with Crippen molar-refractivity contribution in [2.75, 3.05) is 25.0 Å². The lowest BCUT2D eigenvalue weighted by Gasteiger charge is -2.28. The van der Waals surface area contributed by atoms with Crippen molar-refractivity contribution in [1.29, 1.82) is 0 Å². The van der Waals surface area contributed by atoms with Gasteiger partial charge in [-0.15, -0.1) is 0 Å². The van der Waals surface area contributed by atoms with Crippen LogP contribution in [0, 0.1) is 25.2 Å². The van der Waals surface area contributed by atoms with Crippen LogP contribution in [0.25, 0.3) is 0 Å². The Kier molecular flexibility index (Phi) is 5.42. The highest BCUT2D eigenvalue weighted by Gasteiger charge is 2.41. The van der Waals surface area contributed by atoms with E-state index in [9.17, 15) is 9.59 Å². The fourth-order valence-electron chi connectivity index (χ4n) is 3.90. The lowest BCUT2D eigenvalue weighted by Crippen LogP contribution is -2.45. The smallest absolute Gasteiger partial charge is 0.232 e. The van der Waals surface area contributed by atoms with E-state index in [1.165, 1.54) is 11.1 Å². The van der Waals surface area contributed by atoms with E-state index < -0.39 is 5.41 Å². The Balaban J connectivity index is 1.65. The molecule has 0 aromatic heterocycles. The number of hydrogen-bond acceptors (Lipinski definition) is 3. The molecule has 5 heteroatoms. The van der Waals surface area contributed by atoms with E-state index in [4.69, 9.17) is 0 Å². The number of carbonyl (C=O) groups is 2. The van der Waals surface area contributed by atoms with Gasteiger partial charge in [-0.1, -0.05) is 18.9 Å². The molecule has 5 nitrogen and oxygen atoms in total. The van der Waals surface area contributed by atoms with Crippen LogP contribution in [0.5, 0.6) is 0 Å². The highest BCUT2D eigenvalue weighted by atomic mass is 16.2. The predicted molar refractivity (Wildman–Crippen MR) is 99.4 cm³/mol. The van der Waals surface area contributed by atoms with Gasteiger partial charge in [0.15, 0.2) is 0 Å². The third-order valence-electron chi connectivity index (χ3n) is 5.84. The van der Waals surface area contributed by atoms with E-state index in [0.29, 0.717) is 6.54 Å². The number of amides is 2. The molecule has 1 atom stereocenters. The Morgan fingerprint density at radius 3 is 2.60 bits per heavy atom. The summed E-state index contributed by atoms with van der Waals surface area (Å²) in [5, 5.41) is 9.35. The minimum absolute atomic E-state index is 0.0399. The van der Waals surface area contributed by atoms with E-state index in [1.807, 2.05) is 25.1 Å². The summed E-state index contributed by atoms with van der Waals surface area (Å²) < 4.78 is 0. The number of nitrogens with one attached hydrogen (secondary N) is 3. The SMILES string of the molecule is Cc1ccc(NC(=O)C2(CNC(=O)C3CCNC3)CCCC2)cc1C. The van der Waals surface area contributed by atoms with Crippen LogP contribution < -0.4 is 16.0 Å². The van der Waals surface area contributed by atoms with Crippen molar-refractivity contribution >= 4 is 17.5 Å². The van der Waals surface area contributed by atoms with Gasteiger partial charge in [0, 0.05) is 18.8 Å². The van der Waals surface area contributed by atoms with Crippen LogP contribution in [-0.2, 0) is 9.59 Å². The molecule has 1 saturated heterocycles. The minimum atomic E-state index is -0.472. The van der Waals surface area contributed by atoms with Crippen LogP contribution >= 0.6 is 0 Å². The van der Waals surface area contributed by atoms with Crippen LogP contribution in [-0.4, -0.2) is 31.4 Å². The molecule has 1 aliphatic carbocycles. The summed E-state index contributed by atoms with van der Waals surface area (Å²) in [5.41, 5.74) is 2.75. The Morgan fingerprint density at radius 2 is 1.96 bits per heavy atom. The van der Waals surface area contributed by atoms with E-state index in [-0.39, 0.29) is 17.7 Å². The molecule has 0 bridgehead atoms. The van der Waals surface area contributed by atoms with E-state index in [1.54, 1.807) is 0 Å². The molecule has 1 aliphatic heterocycles. The maximum atomic E-state index is 13.0. The maximum Gasteiger partial charge on any atom is 0.232 e. The first-order chi connectivity index (χ1) is 12.0. The molecule has 2 fully saturated rings. The fourth-order valence-corrected chi connectivity index (χ4v) is 3.90. The first-order valence-electron chi connectivity index (χ1n) is 9.37. The number of rotatable bonds is 5. The molecular formula is C20H29N3O2. The van der Waals surface area contributed by atoms with Gasteiger partial charge < -0.3 is 16.0 Å². The first-order valence-corrected chi connectivity index (χ1v) is 9.37. The second kappa shape index (κ2) is 7.56. The minimum Gasteiger partial charge on any atom is -0.355 e. The molecule has 1 aromatic carbocycles. The Morgan fingerprint density at radius 1 is 1.20 bits per heavy atom. The van der Waals surface area contributed by atoms with Gasteiger partial charge in [-0.05, 0) is 62.9 Å². The molecule has 25 heavy (non-hydrogen) atoms. The van der Waals surface area contributed by atoms with Crippen LogP contribution in [0.15, 0.2) is 18.2 Å². The third-order valence-corrected chi connectivity index (χ3v) is 5.84. The monoisotopic (exact) mass is 343 g/mol. The summed E-state index contributed by atoms with van der Waals surface area (Å²) in [7, 11) is 0. The number of carbonyl (C=O) groups excluding carboxylic acids is 2. The lowest BCUT2D eigenvalue weighted by molar-refractivity contribution is -0.128. The van der Waals surface area contributed by atoms with Crippen molar-refractivity contribution < 1.29 is 9.59 Å². The summed E-state index contributed by atoms with van der Waals surface area (Å²) in [4.78, 5) is 25.3. The molecule has 1 aromatic rings. The highest BCUT2D eigenvalue weighted by molar-refractivity contribution is 5.96. The molecule has 2 aliphatic rings. The molecular weight excluding hydrogens is 314 g/mol. The molecule has 1 saturated carbocycles. The fraction of sp³-hybridized carbons (Fsp3) is 0.600. The number of aryl methyl sites for hydroxylation is 2. The van der Waals surface area contributed by atoms with Crippen molar-refractivity contribution in [3.05, 3.63) is 29.3 Å². The van der Waals surface area contributed by atoms with Gasteiger partial charge in [-0.3, -0.25) is 9.59 Å². The van der Waals surface area contributed by atoms with Crippen molar-refractivity contribution in [2.45, 2.75) is 46.0 Å². The van der Waals surface area contributed by atoms with Crippen LogP contribution in [0.1, 0.15) is 43.2 Å². The molecule has 1 heterocycles. The summed E-state index contributed by atoms with van der Waals surface area (Å²) in [6, 6.07) is 5.99. The number of benzene rings is 1. The molecule has 3 N–H and O–H groups in total. The topological polar surface area (TPSA) is 70.2 Å². The summed E-state index contributed by atoms with van der Waals surface area (Å²) >= 11 is 0. The number of anilines is 1. The second-order valence-electron chi connectivity index (χ2n) is 7.65.